The highest BCUT2D eigenvalue weighted by Crippen LogP contribution is 2.32. The molecule has 2 aliphatic heterocycles. The van der Waals surface area contributed by atoms with E-state index in [4.69, 9.17) is 0 Å². The monoisotopic (exact) mass is 340 g/mol. The van der Waals surface area contributed by atoms with E-state index in [0.717, 1.165) is 20.8 Å². The van der Waals surface area contributed by atoms with Gasteiger partial charge in [0.05, 0.1) is 55.4 Å². The molecule has 142 valence electrons. The largest absolute Gasteiger partial charge is 0.330 e. The second kappa shape index (κ2) is 8.48. The lowest BCUT2D eigenvalue weighted by Crippen LogP contribution is -2.47. The zero-order chi connectivity index (χ0) is 17.8. The van der Waals surface area contributed by atoms with Crippen molar-refractivity contribution < 1.29 is 8.97 Å². The normalized spacial score (nSPS) is 23.8. The van der Waals surface area contributed by atoms with Crippen LogP contribution in [0.5, 0.6) is 0 Å². The van der Waals surface area contributed by atoms with Crippen LogP contribution in [0.2, 0.25) is 0 Å². The predicted octanol–water partition coefficient (Wildman–Crippen LogP) is 1.82. The third-order valence-electron chi connectivity index (χ3n) is 6.11. The summed E-state index contributed by atoms with van der Waals surface area (Å²) >= 11 is 0. The number of hydrogen-bond donors (Lipinski definition) is 0. The van der Waals surface area contributed by atoms with Crippen molar-refractivity contribution in [3.8, 4) is 0 Å². The lowest BCUT2D eigenvalue weighted by atomic mass is 9.79. The van der Waals surface area contributed by atoms with Crippen molar-refractivity contribution in [1.82, 2.24) is 9.80 Å². The van der Waals surface area contributed by atoms with Gasteiger partial charge in [-0.05, 0) is 63.7 Å². The van der Waals surface area contributed by atoms with Crippen LogP contribution in [0, 0.1) is 11.8 Å². The van der Waals surface area contributed by atoms with Gasteiger partial charge >= 0.3 is 0 Å². The number of hydrogen-bond acceptors (Lipinski definition) is 2. The van der Waals surface area contributed by atoms with E-state index in [1.807, 2.05) is 0 Å². The lowest BCUT2D eigenvalue weighted by Gasteiger charge is -2.41. The average Bonchev–Trinajstić information content (AvgIpc) is 2.51. The van der Waals surface area contributed by atoms with Crippen LogP contribution in [0.15, 0.2) is 0 Å². The third-order valence-corrected chi connectivity index (χ3v) is 6.11. The van der Waals surface area contributed by atoms with Gasteiger partial charge < -0.3 is 8.97 Å². The maximum absolute atomic E-state index is 2.70. The molecule has 4 heteroatoms. The first kappa shape index (κ1) is 20.2. The Hall–Kier alpha value is -0.160. The van der Waals surface area contributed by atoms with Gasteiger partial charge in [0.15, 0.2) is 0 Å². The van der Waals surface area contributed by atoms with Gasteiger partial charge in [0, 0.05) is 13.1 Å². The van der Waals surface area contributed by atoms with E-state index in [9.17, 15) is 0 Å². The van der Waals surface area contributed by atoms with Gasteiger partial charge in [-0.1, -0.05) is 0 Å². The maximum atomic E-state index is 2.70. The smallest absolute Gasteiger partial charge is 0.0909 e. The fourth-order valence-corrected chi connectivity index (χ4v) is 4.18. The molecule has 0 aliphatic carbocycles. The molecular formula is C20H44N4+2. The molecule has 0 spiro atoms. The molecule has 2 fully saturated rings. The minimum absolute atomic E-state index is 1.01. The molecule has 2 aliphatic rings. The van der Waals surface area contributed by atoms with Crippen LogP contribution in [0.4, 0.5) is 0 Å². The highest BCUT2D eigenvalue weighted by molar-refractivity contribution is 4.82. The molecule has 0 amide bonds. The van der Waals surface area contributed by atoms with Crippen LogP contribution in [-0.4, -0.2) is 113 Å². The number of nitrogens with zero attached hydrogens (tertiary/aromatic N) is 4. The van der Waals surface area contributed by atoms with Gasteiger partial charge in [-0.3, -0.25) is 9.80 Å². The fourth-order valence-electron chi connectivity index (χ4n) is 4.18. The molecule has 0 atom stereocenters. The number of likely N-dealkylation sites (tertiary alicyclic amines) is 2. The first-order valence-electron chi connectivity index (χ1n) is 10.2. The minimum Gasteiger partial charge on any atom is -0.330 e. The summed E-state index contributed by atoms with van der Waals surface area (Å²) in [7, 11) is 13.8. The molecule has 0 saturated carbocycles. The van der Waals surface area contributed by atoms with Crippen LogP contribution in [0.25, 0.3) is 0 Å². The molecule has 2 saturated heterocycles. The Morgan fingerprint density at radius 1 is 0.583 bits per heavy atom. The van der Waals surface area contributed by atoms with Gasteiger partial charge in [0.2, 0.25) is 0 Å². The van der Waals surface area contributed by atoms with Gasteiger partial charge in [-0.15, -0.1) is 0 Å². The van der Waals surface area contributed by atoms with E-state index in [1.54, 1.807) is 0 Å². The molecule has 0 N–H and O–H groups in total. The summed E-state index contributed by atoms with van der Waals surface area (Å²) in [6.07, 6.45) is 5.78. The summed E-state index contributed by atoms with van der Waals surface area (Å²) in [6, 6.07) is 0. The van der Waals surface area contributed by atoms with E-state index in [-0.39, 0.29) is 0 Å². The van der Waals surface area contributed by atoms with E-state index in [2.05, 4.69) is 52.1 Å². The van der Waals surface area contributed by atoms with Crippen molar-refractivity contribution in [2.75, 3.05) is 94.6 Å². The molecule has 0 aromatic carbocycles. The highest BCUT2D eigenvalue weighted by atomic mass is 15.3. The molecule has 2 heterocycles. The lowest BCUT2D eigenvalue weighted by molar-refractivity contribution is -0.869. The number of piperidine rings is 2. The maximum Gasteiger partial charge on any atom is 0.0909 e. The topological polar surface area (TPSA) is 6.48 Å². The van der Waals surface area contributed by atoms with E-state index in [1.165, 1.54) is 78.0 Å². The van der Waals surface area contributed by atoms with E-state index in [0.29, 0.717) is 0 Å². The SMILES string of the molecule is C[N+](C)(C)CCN1CCC(C2CCN(CC[N+](C)(C)C)CC2)CC1. The van der Waals surface area contributed by atoms with Crippen molar-refractivity contribution in [3.63, 3.8) is 0 Å². The molecule has 0 unspecified atom stereocenters. The van der Waals surface area contributed by atoms with Gasteiger partial charge in [0.1, 0.15) is 0 Å². The van der Waals surface area contributed by atoms with Crippen LogP contribution >= 0.6 is 0 Å². The van der Waals surface area contributed by atoms with Crippen molar-refractivity contribution in [2.45, 2.75) is 25.7 Å². The van der Waals surface area contributed by atoms with Crippen LogP contribution < -0.4 is 0 Å². The van der Waals surface area contributed by atoms with Crippen molar-refractivity contribution in [3.05, 3.63) is 0 Å². The van der Waals surface area contributed by atoms with Crippen LogP contribution in [-0.2, 0) is 0 Å². The standard InChI is InChI=1S/C20H44N4/c1-23(2,3)17-15-21-11-7-19(8-12-21)20-9-13-22(14-10-20)16-18-24(4,5)6/h19-20H,7-18H2,1-6H3/q+2. The Bertz CT molecular complexity index is 317. The Labute approximate surface area is 151 Å². The molecule has 24 heavy (non-hydrogen) atoms. The van der Waals surface area contributed by atoms with Gasteiger partial charge in [0.25, 0.3) is 0 Å². The number of quaternary nitrogens is 2. The summed E-state index contributed by atoms with van der Waals surface area (Å²) in [5.41, 5.74) is 0. The number of likely N-dealkylation sites (N-methyl/N-ethyl adjacent to an activating group) is 2. The molecule has 0 aromatic rings. The summed E-state index contributed by atoms with van der Waals surface area (Å²) in [6.45, 7) is 10.5. The minimum atomic E-state index is 1.01. The summed E-state index contributed by atoms with van der Waals surface area (Å²) in [5.74, 6) is 2.01. The number of rotatable bonds is 7. The first-order valence-corrected chi connectivity index (χ1v) is 10.2. The Kier molecular flexibility index (Phi) is 7.12. The van der Waals surface area contributed by atoms with Crippen molar-refractivity contribution in [1.29, 1.82) is 0 Å². The Morgan fingerprint density at radius 2 is 0.875 bits per heavy atom. The van der Waals surface area contributed by atoms with Crippen LogP contribution in [0.3, 0.4) is 0 Å². The fraction of sp³-hybridized carbons (Fsp3) is 1.00. The Morgan fingerprint density at radius 3 is 1.12 bits per heavy atom. The first-order chi connectivity index (χ1) is 11.1. The second-order valence-corrected chi connectivity index (χ2v) is 10.4. The zero-order valence-corrected chi connectivity index (χ0v) is 17.4. The van der Waals surface area contributed by atoms with Crippen LogP contribution in [0.1, 0.15) is 25.7 Å². The summed E-state index contributed by atoms with van der Waals surface area (Å²) in [4.78, 5) is 5.41. The molecule has 0 aromatic heterocycles. The third kappa shape index (κ3) is 7.38. The molecular weight excluding hydrogens is 296 g/mol. The quantitative estimate of drug-likeness (QED) is 0.652. The Balaban J connectivity index is 1.64. The molecule has 2 rings (SSSR count). The average molecular weight is 341 g/mol. The van der Waals surface area contributed by atoms with E-state index < -0.39 is 0 Å². The zero-order valence-electron chi connectivity index (χ0n) is 17.4. The predicted molar refractivity (Wildman–Crippen MR) is 104 cm³/mol. The summed E-state index contributed by atoms with van der Waals surface area (Å²) < 4.78 is 2.18. The van der Waals surface area contributed by atoms with E-state index >= 15 is 0 Å². The molecule has 0 bridgehead atoms. The second-order valence-electron chi connectivity index (χ2n) is 10.4. The van der Waals surface area contributed by atoms with Crippen molar-refractivity contribution >= 4 is 0 Å². The van der Waals surface area contributed by atoms with Gasteiger partial charge in [-0.25, -0.2) is 0 Å². The molecule has 0 radical (unpaired) electrons. The van der Waals surface area contributed by atoms with Gasteiger partial charge in [-0.2, -0.15) is 0 Å². The summed E-state index contributed by atoms with van der Waals surface area (Å²) in [5, 5.41) is 0. The molecule has 4 nitrogen and oxygen atoms in total. The van der Waals surface area contributed by atoms with Crippen molar-refractivity contribution in [2.24, 2.45) is 11.8 Å². The highest BCUT2D eigenvalue weighted by Gasteiger charge is 2.30.